The summed E-state index contributed by atoms with van der Waals surface area (Å²) >= 11 is 3.22. The van der Waals surface area contributed by atoms with Gasteiger partial charge in [0, 0.05) is 0 Å². The second-order valence-electron chi connectivity index (χ2n) is 3.02. The zero-order valence-corrected chi connectivity index (χ0v) is 9.60. The van der Waals surface area contributed by atoms with E-state index in [-0.39, 0.29) is 0 Å². The Morgan fingerprint density at radius 2 is 1.80 bits per heavy atom. The first-order valence-corrected chi connectivity index (χ1v) is 6.48. The Labute approximate surface area is 94.6 Å². The first-order valence-electron chi connectivity index (χ1n) is 4.44. The zero-order chi connectivity index (χ0) is 10.3. The minimum absolute atomic E-state index is 0.753. The number of hydrogen-bond donors (Lipinski definition) is 0. The summed E-state index contributed by atoms with van der Waals surface area (Å²) in [6.07, 6.45) is 2.01. The lowest BCUT2D eigenvalue weighted by molar-refractivity contribution is 1.25. The number of thiazole rings is 1. The van der Waals surface area contributed by atoms with E-state index in [2.05, 4.69) is 15.0 Å². The summed E-state index contributed by atoms with van der Waals surface area (Å²) in [6, 6.07) is 7.87. The third kappa shape index (κ3) is 1.48. The van der Waals surface area contributed by atoms with Crippen molar-refractivity contribution < 1.29 is 0 Å². The van der Waals surface area contributed by atoms with E-state index >= 15 is 0 Å². The smallest absolute Gasteiger partial charge is 0.191 e. The van der Waals surface area contributed by atoms with Crippen LogP contribution in [-0.2, 0) is 0 Å². The van der Waals surface area contributed by atoms with Crippen molar-refractivity contribution in [1.82, 2.24) is 15.0 Å². The molecule has 0 spiro atoms. The van der Waals surface area contributed by atoms with E-state index in [4.69, 9.17) is 0 Å². The molecule has 15 heavy (non-hydrogen) atoms. The van der Waals surface area contributed by atoms with Gasteiger partial charge in [0.25, 0.3) is 0 Å². The Kier molecular flexibility index (Phi) is 2.07. The summed E-state index contributed by atoms with van der Waals surface area (Å²) in [7, 11) is 0. The lowest BCUT2D eigenvalue weighted by atomic mass is 10.3. The third-order valence-corrected chi connectivity index (χ3v) is 4.00. The maximum atomic E-state index is 4.53. The number of benzene rings is 1. The van der Waals surface area contributed by atoms with Crippen LogP contribution in [-0.4, -0.2) is 21.2 Å². The molecule has 0 amide bonds. The lowest BCUT2D eigenvalue weighted by Crippen LogP contribution is -1.83. The molecule has 0 aliphatic rings. The Hall–Kier alpha value is -1.20. The first kappa shape index (κ1) is 9.06. The van der Waals surface area contributed by atoms with Crippen LogP contribution in [0.4, 0.5) is 0 Å². The molecule has 0 atom stereocenters. The minimum Gasteiger partial charge on any atom is -0.232 e. The highest BCUT2D eigenvalue weighted by Gasteiger charge is 2.06. The van der Waals surface area contributed by atoms with Crippen LogP contribution in [0.25, 0.3) is 21.5 Å². The van der Waals surface area contributed by atoms with Crippen molar-refractivity contribution in [3.8, 4) is 0 Å². The number of thioether (sulfide) groups is 1. The van der Waals surface area contributed by atoms with Gasteiger partial charge >= 0.3 is 0 Å². The van der Waals surface area contributed by atoms with Crippen LogP contribution in [0, 0.1) is 0 Å². The molecule has 5 heteroatoms. The zero-order valence-electron chi connectivity index (χ0n) is 7.97. The minimum atomic E-state index is 0.753. The summed E-state index contributed by atoms with van der Waals surface area (Å²) < 4.78 is 1.01. The van der Waals surface area contributed by atoms with Crippen LogP contribution < -0.4 is 0 Å². The average molecular weight is 233 g/mol. The molecule has 2 aromatic heterocycles. The molecule has 3 rings (SSSR count). The van der Waals surface area contributed by atoms with E-state index in [1.807, 2.05) is 30.5 Å². The van der Waals surface area contributed by atoms with E-state index in [9.17, 15) is 0 Å². The molecule has 74 valence electrons. The summed E-state index contributed by atoms with van der Waals surface area (Å²) in [5.41, 5.74) is 2.59. The normalized spacial score (nSPS) is 11.3. The highest BCUT2D eigenvalue weighted by atomic mass is 32.2. The topological polar surface area (TPSA) is 38.7 Å². The molecular weight excluding hydrogens is 226 g/mol. The molecule has 0 unspecified atom stereocenters. The first-order chi connectivity index (χ1) is 7.36. The van der Waals surface area contributed by atoms with Gasteiger partial charge in [-0.25, -0.2) is 15.0 Å². The molecule has 0 saturated carbocycles. The number of nitrogens with zero attached hydrogens (tertiary/aromatic N) is 3. The Morgan fingerprint density at radius 3 is 2.53 bits per heavy atom. The molecule has 0 aliphatic carbocycles. The number of rotatable bonds is 1. The van der Waals surface area contributed by atoms with Crippen LogP contribution in [0.1, 0.15) is 0 Å². The molecule has 3 nitrogen and oxygen atoms in total. The lowest BCUT2D eigenvalue weighted by Gasteiger charge is -1.93. The van der Waals surface area contributed by atoms with Gasteiger partial charge in [0.2, 0.25) is 0 Å². The summed E-state index contributed by atoms with van der Waals surface area (Å²) in [6.45, 7) is 0. The average Bonchev–Trinajstić information content (AvgIpc) is 2.67. The van der Waals surface area contributed by atoms with Crippen LogP contribution >= 0.6 is 23.1 Å². The number of aromatic nitrogens is 3. The van der Waals surface area contributed by atoms with E-state index in [0.717, 1.165) is 25.9 Å². The molecule has 0 radical (unpaired) electrons. The predicted molar refractivity (Wildman–Crippen MR) is 64.5 cm³/mol. The standard InChI is InChI=1S/C10H7N3S2/c1-14-10-13-8-9(15-10)12-7-5-3-2-4-6(7)11-8/h2-5H,1H3. The second kappa shape index (κ2) is 3.43. The van der Waals surface area contributed by atoms with Gasteiger partial charge in [-0.1, -0.05) is 35.2 Å². The molecule has 3 aromatic rings. The summed E-state index contributed by atoms with van der Waals surface area (Å²) in [5, 5.41) is 0. The maximum Gasteiger partial charge on any atom is 0.191 e. The molecule has 1 aromatic carbocycles. The Bertz CT molecular complexity index is 580. The molecule has 0 N–H and O–H groups in total. The molecule has 0 bridgehead atoms. The molecule has 0 aliphatic heterocycles. The Balaban J connectivity index is 2.39. The van der Waals surface area contributed by atoms with Gasteiger partial charge in [-0.3, -0.25) is 0 Å². The van der Waals surface area contributed by atoms with Crippen molar-refractivity contribution in [3.05, 3.63) is 24.3 Å². The van der Waals surface area contributed by atoms with Gasteiger partial charge in [0.1, 0.15) is 0 Å². The SMILES string of the molecule is CSc1nc2nc3ccccc3nc2s1. The van der Waals surface area contributed by atoms with Crippen LogP contribution in [0.2, 0.25) is 0 Å². The van der Waals surface area contributed by atoms with Crippen molar-refractivity contribution in [2.45, 2.75) is 4.34 Å². The van der Waals surface area contributed by atoms with Gasteiger partial charge in [0.15, 0.2) is 14.8 Å². The van der Waals surface area contributed by atoms with Crippen molar-refractivity contribution in [2.24, 2.45) is 0 Å². The van der Waals surface area contributed by atoms with Gasteiger partial charge in [0.05, 0.1) is 11.0 Å². The van der Waals surface area contributed by atoms with Gasteiger partial charge in [-0.05, 0) is 18.4 Å². The highest BCUT2D eigenvalue weighted by molar-refractivity contribution is 8.00. The maximum absolute atomic E-state index is 4.53. The van der Waals surface area contributed by atoms with Crippen LogP contribution in [0.5, 0.6) is 0 Å². The van der Waals surface area contributed by atoms with Crippen LogP contribution in [0.15, 0.2) is 28.6 Å². The Morgan fingerprint density at radius 1 is 1.07 bits per heavy atom. The van der Waals surface area contributed by atoms with E-state index < -0.39 is 0 Å². The summed E-state index contributed by atoms with van der Waals surface area (Å²) in [4.78, 5) is 14.3. The molecule has 0 saturated heterocycles. The highest BCUT2D eigenvalue weighted by Crippen LogP contribution is 2.26. The van der Waals surface area contributed by atoms with Crippen molar-refractivity contribution in [1.29, 1.82) is 0 Å². The fourth-order valence-corrected chi connectivity index (χ4v) is 2.77. The second-order valence-corrected chi connectivity index (χ2v) is 5.06. The number of hydrogen-bond acceptors (Lipinski definition) is 5. The van der Waals surface area contributed by atoms with Crippen molar-refractivity contribution in [2.75, 3.05) is 6.26 Å². The quantitative estimate of drug-likeness (QED) is 0.606. The van der Waals surface area contributed by atoms with Gasteiger partial charge in [-0.2, -0.15) is 0 Å². The largest absolute Gasteiger partial charge is 0.232 e. The fraction of sp³-hybridized carbons (Fsp3) is 0.100. The summed E-state index contributed by atoms with van der Waals surface area (Å²) in [5.74, 6) is 0. The molecule has 2 heterocycles. The van der Waals surface area contributed by atoms with E-state index in [0.29, 0.717) is 0 Å². The number of fused-ring (bicyclic) bond motifs is 2. The third-order valence-electron chi connectivity index (χ3n) is 2.08. The van der Waals surface area contributed by atoms with Crippen molar-refractivity contribution >= 4 is 44.6 Å². The van der Waals surface area contributed by atoms with E-state index in [1.165, 1.54) is 0 Å². The predicted octanol–water partition coefficient (Wildman–Crippen LogP) is 2.96. The fourth-order valence-electron chi connectivity index (χ4n) is 1.40. The van der Waals surface area contributed by atoms with Crippen LogP contribution in [0.3, 0.4) is 0 Å². The van der Waals surface area contributed by atoms with Gasteiger partial charge in [-0.15, -0.1) is 0 Å². The van der Waals surface area contributed by atoms with E-state index in [1.54, 1.807) is 23.1 Å². The van der Waals surface area contributed by atoms with Gasteiger partial charge < -0.3 is 0 Å². The molecule has 0 fully saturated rings. The monoisotopic (exact) mass is 233 g/mol. The number of para-hydroxylation sites is 2. The van der Waals surface area contributed by atoms with Crippen molar-refractivity contribution in [3.63, 3.8) is 0 Å². The molecular formula is C10H7N3S2.